The van der Waals surface area contributed by atoms with Gasteiger partial charge in [-0.25, -0.2) is 0 Å². The van der Waals surface area contributed by atoms with Gasteiger partial charge < -0.3 is 5.21 Å². The van der Waals surface area contributed by atoms with Crippen molar-refractivity contribution in [1.82, 2.24) is 5.17 Å². The zero-order valence-corrected chi connectivity index (χ0v) is 9.64. The Morgan fingerprint density at radius 1 is 0.889 bits per heavy atom. The number of hydrazine groups is 1. The van der Waals surface area contributed by atoms with Crippen LogP contribution in [0.4, 0.5) is 0 Å². The number of rotatable bonds is 2. The van der Waals surface area contributed by atoms with E-state index in [-0.39, 0.29) is 0 Å². The van der Waals surface area contributed by atoms with Gasteiger partial charge >= 0.3 is 0 Å². The molecule has 4 nitrogen and oxygen atoms in total. The first-order chi connectivity index (χ1) is 8.79. The Morgan fingerprint density at radius 2 is 1.39 bits per heavy atom. The third-order valence-corrected chi connectivity index (χ3v) is 3.25. The van der Waals surface area contributed by atoms with Gasteiger partial charge in [-0.3, -0.25) is 0 Å². The summed E-state index contributed by atoms with van der Waals surface area (Å²) in [5.41, 5.74) is 1.74. The second kappa shape index (κ2) is 4.23. The smallest absolute Gasteiger partial charge is 0.287 e. The van der Waals surface area contributed by atoms with Crippen molar-refractivity contribution in [1.29, 1.82) is 0 Å². The van der Waals surface area contributed by atoms with Crippen LogP contribution in [0.2, 0.25) is 0 Å². The van der Waals surface area contributed by atoms with Crippen LogP contribution in [-0.4, -0.2) is 10.0 Å². The fraction of sp³-hybridized carbons (Fsp3) is 0.143. The van der Waals surface area contributed by atoms with Crippen molar-refractivity contribution >= 4 is 0 Å². The summed E-state index contributed by atoms with van der Waals surface area (Å²) in [5.74, 6) is 0. The highest BCUT2D eigenvalue weighted by Crippen LogP contribution is 2.44. The van der Waals surface area contributed by atoms with E-state index in [4.69, 9.17) is 0 Å². The zero-order chi connectivity index (χ0) is 12.5. The topological polar surface area (TPSA) is 46.4 Å². The summed E-state index contributed by atoms with van der Waals surface area (Å²) in [6, 6.07) is 17.9. The molecule has 1 saturated heterocycles. The van der Waals surface area contributed by atoms with Crippen molar-refractivity contribution < 1.29 is 4.87 Å². The number of hydrogen-bond donors (Lipinski definition) is 0. The molecule has 2 atom stereocenters. The van der Waals surface area contributed by atoms with Crippen LogP contribution in [0.25, 0.3) is 0 Å². The molecular formula is C14H12N2O2. The molecule has 0 spiro atoms. The van der Waals surface area contributed by atoms with Gasteiger partial charge in [0, 0.05) is 5.56 Å². The first-order valence-electron chi connectivity index (χ1n) is 5.81. The van der Waals surface area contributed by atoms with Crippen molar-refractivity contribution in [3.8, 4) is 0 Å². The fourth-order valence-corrected chi connectivity index (χ4v) is 2.34. The summed E-state index contributed by atoms with van der Waals surface area (Å²) in [6.07, 6.45) is 0. The van der Waals surface area contributed by atoms with E-state index in [1.807, 2.05) is 60.7 Å². The molecule has 0 amide bonds. The molecule has 3 rings (SSSR count). The summed E-state index contributed by atoms with van der Waals surface area (Å²) in [7, 11) is 0. The third kappa shape index (κ3) is 1.58. The Morgan fingerprint density at radius 3 is 1.94 bits per heavy atom. The highest BCUT2D eigenvalue weighted by atomic mass is 16.6. The standard InChI is InChI=1S/C14H12N2O2/c17-15-13(11-7-3-1-4-8-11)14(16(15)18)12-9-5-2-6-10-12/h1-10,13-14H/t13-,14+. The third-order valence-electron chi connectivity index (χ3n) is 3.25. The van der Waals surface area contributed by atoms with Crippen LogP contribution in [-0.2, 0) is 0 Å². The summed E-state index contributed by atoms with van der Waals surface area (Å²) in [5, 5.41) is 12.2. The maximum Gasteiger partial charge on any atom is 0.287 e. The normalized spacial score (nSPS) is 22.7. The minimum atomic E-state index is -0.425. The summed E-state index contributed by atoms with van der Waals surface area (Å²) >= 11 is 0. The lowest BCUT2D eigenvalue weighted by Gasteiger charge is -2.41. The van der Waals surface area contributed by atoms with Gasteiger partial charge in [-0.15, -0.1) is 0 Å². The molecule has 0 saturated carbocycles. The first kappa shape index (κ1) is 10.9. The Labute approximate surface area is 105 Å². The maximum atomic E-state index is 11.7. The van der Waals surface area contributed by atoms with Gasteiger partial charge in [0.25, 0.3) is 6.04 Å². The van der Waals surface area contributed by atoms with Gasteiger partial charge in [0.15, 0.2) is 6.04 Å². The van der Waals surface area contributed by atoms with E-state index >= 15 is 0 Å². The molecule has 0 N–H and O–H groups in total. The maximum absolute atomic E-state index is 11.7. The average molecular weight is 240 g/mol. The zero-order valence-electron chi connectivity index (χ0n) is 9.64. The number of hydroxylamine groups is 1. The Balaban J connectivity index is 1.97. The van der Waals surface area contributed by atoms with E-state index in [1.54, 1.807) is 0 Å². The van der Waals surface area contributed by atoms with Crippen molar-refractivity contribution in [2.24, 2.45) is 0 Å². The minimum absolute atomic E-state index is 0.425. The predicted octanol–water partition coefficient (Wildman–Crippen LogP) is 2.98. The lowest BCUT2D eigenvalue weighted by atomic mass is 9.91. The number of benzene rings is 2. The SMILES string of the molecule is O=[N+]1[C@H](c2ccccc2)[C@H](c2ccccc2)N1[O-]. The van der Waals surface area contributed by atoms with Gasteiger partial charge in [0.2, 0.25) is 0 Å². The van der Waals surface area contributed by atoms with Gasteiger partial charge in [0.05, 0.1) is 4.91 Å². The molecule has 4 heteroatoms. The lowest BCUT2D eigenvalue weighted by molar-refractivity contribution is -0.813. The van der Waals surface area contributed by atoms with Crippen LogP contribution in [0.1, 0.15) is 23.2 Å². The van der Waals surface area contributed by atoms with Crippen molar-refractivity contribution in [3.63, 3.8) is 0 Å². The molecule has 0 aromatic heterocycles. The highest BCUT2D eigenvalue weighted by Gasteiger charge is 2.53. The summed E-state index contributed by atoms with van der Waals surface area (Å²) in [6.45, 7) is 0. The van der Waals surface area contributed by atoms with E-state index in [1.165, 1.54) is 0 Å². The molecule has 0 unspecified atom stereocenters. The van der Waals surface area contributed by atoms with E-state index in [0.29, 0.717) is 10.0 Å². The molecular weight excluding hydrogens is 228 g/mol. The van der Waals surface area contributed by atoms with Crippen LogP contribution in [0.3, 0.4) is 0 Å². The molecule has 1 fully saturated rings. The van der Waals surface area contributed by atoms with Gasteiger partial charge in [-0.05, 0) is 5.56 Å². The average Bonchev–Trinajstić information content (AvgIpc) is 2.45. The van der Waals surface area contributed by atoms with E-state index in [0.717, 1.165) is 11.1 Å². The van der Waals surface area contributed by atoms with Gasteiger partial charge in [0.1, 0.15) is 4.87 Å². The predicted molar refractivity (Wildman–Crippen MR) is 67.2 cm³/mol. The second-order valence-electron chi connectivity index (χ2n) is 4.32. The molecule has 1 heterocycles. The van der Waals surface area contributed by atoms with Gasteiger partial charge in [-0.2, -0.15) is 5.17 Å². The molecule has 90 valence electrons. The largest absolute Gasteiger partial charge is 0.703 e. The Hall–Kier alpha value is -2.20. The van der Waals surface area contributed by atoms with E-state index < -0.39 is 12.1 Å². The van der Waals surface area contributed by atoms with Crippen LogP contribution < -0.4 is 0 Å². The molecule has 0 radical (unpaired) electrons. The molecule has 2 aromatic rings. The molecule has 18 heavy (non-hydrogen) atoms. The summed E-state index contributed by atoms with van der Waals surface area (Å²) in [4.78, 5) is 12.2. The molecule has 0 aliphatic carbocycles. The number of nitroso groups, excluding NO2 is 1. The molecule has 1 aliphatic heterocycles. The highest BCUT2D eigenvalue weighted by molar-refractivity contribution is 5.27. The monoisotopic (exact) mass is 240 g/mol. The number of hydrogen-bond acceptors (Lipinski definition) is 2. The van der Waals surface area contributed by atoms with Crippen LogP contribution >= 0.6 is 0 Å². The van der Waals surface area contributed by atoms with Crippen molar-refractivity contribution in [2.45, 2.75) is 12.1 Å². The second-order valence-corrected chi connectivity index (χ2v) is 4.32. The fourth-order valence-electron chi connectivity index (χ4n) is 2.34. The quantitative estimate of drug-likeness (QED) is 0.758. The lowest BCUT2D eigenvalue weighted by Crippen LogP contribution is -2.50. The van der Waals surface area contributed by atoms with Crippen LogP contribution in [0, 0.1) is 10.1 Å². The molecule has 2 aromatic carbocycles. The summed E-state index contributed by atoms with van der Waals surface area (Å²) < 4.78 is 0. The molecule has 1 aliphatic rings. The van der Waals surface area contributed by atoms with E-state index in [2.05, 4.69) is 0 Å². The Kier molecular flexibility index (Phi) is 2.57. The minimum Gasteiger partial charge on any atom is -0.703 e. The first-order valence-corrected chi connectivity index (χ1v) is 5.81. The van der Waals surface area contributed by atoms with Crippen LogP contribution in [0.5, 0.6) is 0 Å². The molecule has 0 bridgehead atoms. The van der Waals surface area contributed by atoms with Crippen LogP contribution in [0.15, 0.2) is 60.7 Å². The van der Waals surface area contributed by atoms with Gasteiger partial charge in [-0.1, -0.05) is 60.7 Å². The Bertz CT molecular complexity index is 557. The number of nitrogens with zero attached hydrogens (tertiary/aromatic N) is 2. The van der Waals surface area contributed by atoms with Crippen molar-refractivity contribution in [3.05, 3.63) is 81.9 Å². The van der Waals surface area contributed by atoms with E-state index in [9.17, 15) is 10.1 Å². The van der Waals surface area contributed by atoms with Crippen molar-refractivity contribution in [2.75, 3.05) is 0 Å².